The van der Waals surface area contributed by atoms with E-state index in [-0.39, 0.29) is 20.5 Å². The number of hydrazine groups is 1. The maximum Gasteiger partial charge on any atom is 0.266 e. The lowest BCUT2D eigenvalue weighted by atomic mass is 10.2. The summed E-state index contributed by atoms with van der Waals surface area (Å²) in [6, 6.07) is 10.1. The Hall–Kier alpha value is -1.80. The third-order valence-electron chi connectivity index (χ3n) is 2.93. The Bertz CT molecular complexity index is 839. The van der Waals surface area contributed by atoms with Crippen molar-refractivity contribution in [1.29, 1.82) is 0 Å². The van der Waals surface area contributed by atoms with Gasteiger partial charge in [0, 0.05) is 5.56 Å². The number of carbonyl (C=O) groups is 1. The number of ether oxygens (including phenoxy) is 1. The first-order valence-electron chi connectivity index (χ1n) is 6.83. The Kier molecular flexibility index (Phi) is 6.06. The van der Waals surface area contributed by atoms with Crippen LogP contribution in [-0.2, 0) is 10.0 Å². The molecule has 0 atom stereocenters. The van der Waals surface area contributed by atoms with Gasteiger partial charge in [0.05, 0.1) is 21.5 Å². The van der Waals surface area contributed by atoms with Gasteiger partial charge in [-0.05, 0) is 49.4 Å². The van der Waals surface area contributed by atoms with Crippen LogP contribution in [-0.4, -0.2) is 20.9 Å². The molecule has 2 aromatic rings. The molecular formula is C15H14Cl2N2O4S. The van der Waals surface area contributed by atoms with E-state index in [1.54, 1.807) is 12.1 Å². The summed E-state index contributed by atoms with van der Waals surface area (Å²) in [6.45, 7) is 2.35. The monoisotopic (exact) mass is 388 g/mol. The third-order valence-corrected chi connectivity index (χ3v) is 4.91. The molecule has 0 radical (unpaired) electrons. The van der Waals surface area contributed by atoms with Crippen molar-refractivity contribution in [2.45, 2.75) is 11.8 Å². The van der Waals surface area contributed by atoms with Crippen LogP contribution in [0.4, 0.5) is 0 Å². The number of amides is 1. The average Bonchev–Trinajstić information content (AvgIpc) is 2.56. The summed E-state index contributed by atoms with van der Waals surface area (Å²) in [5, 5.41) is 0.325. The number of hydrogen-bond acceptors (Lipinski definition) is 4. The summed E-state index contributed by atoms with van der Waals surface area (Å²) in [7, 11) is -3.97. The number of carbonyl (C=O) groups excluding carboxylic acids is 1. The largest absolute Gasteiger partial charge is 0.494 e. The van der Waals surface area contributed by atoms with Crippen LogP contribution < -0.4 is 15.0 Å². The van der Waals surface area contributed by atoms with Crippen molar-refractivity contribution in [2.75, 3.05) is 6.61 Å². The smallest absolute Gasteiger partial charge is 0.266 e. The lowest BCUT2D eigenvalue weighted by molar-refractivity contribution is 0.0945. The van der Waals surface area contributed by atoms with E-state index in [0.29, 0.717) is 12.4 Å². The number of sulfonamides is 1. The predicted octanol–water partition coefficient (Wildman–Crippen LogP) is 3.02. The molecule has 0 spiro atoms. The maximum absolute atomic E-state index is 12.1. The zero-order chi connectivity index (χ0) is 17.7. The van der Waals surface area contributed by atoms with Gasteiger partial charge < -0.3 is 4.74 Å². The highest BCUT2D eigenvalue weighted by atomic mass is 35.5. The third kappa shape index (κ3) is 4.61. The molecule has 9 heteroatoms. The van der Waals surface area contributed by atoms with Gasteiger partial charge in [-0.25, -0.2) is 8.42 Å². The zero-order valence-corrected chi connectivity index (χ0v) is 14.9. The Balaban J connectivity index is 2.05. The van der Waals surface area contributed by atoms with Crippen LogP contribution in [0.5, 0.6) is 5.75 Å². The molecule has 6 nitrogen and oxygen atoms in total. The molecule has 2 rings (SSSR count). The number of rotatable bonds is 6. The molecule has 128 valence electrons. The second-order valence-corrected chi connectivity index (χ2v) is 7.09. The molecule has 0 unspecified atom stereocenters. The van der Waals surface area contributed by atoms with Gasteiger partial charge in [0.1, 0.15) is 5.75 Å². The van der Waals surface area contributed by atoms with Crippen molar-refractivity contribution in [3.63, 3.8) is 0 Å². The minimum atomic E-state index is -3.97. The fourth-order valence-electron chi connectivity index (χ4n) is 1.76. The second-order valence-electron chi connectivity index (χ2n) is 4.59. The highest BCUT2D eigenvalue weighted by Gasteiger charge is 2.17. The highest BCUT2D eigenvalue weighted by Crippen LogP contribution is 2.24. The van der Waals surface area contributed by atoms with Gasteiger partial charge in [-0.1, -0.05) is 23.2 Å². The van der Waals surface area contributed by atoms with Gasteiger partial charge in [0.15, 0.2) is 0 Å². The van der Waals surface area contributed by atoms with Crippen molar-refractivity contribution in [2.24, 2.45) is 0 Å². The molecule has 0 aliphatic heterocycles. The van der Waals surface area contributed by atoms with Crippen molar-refractivity contribution in [1.82, 2.24) is 10.3 Å². The van der Waals surface area contributed by atoms with Crippen LogP contribution in [0, 0.1) is 0 Å². The van der Waals surface area contributed by atoms with E-state index in [9.17, 15) is 13.2 Å². The van der Waals surface area contributed by atoms with E-state index in [0.717, 1.165) is 0 Å². The highest BCUT2D eigenvalue weighted by molar-refractivity contribution is 7.89. The van der Waals surface area contributed by atoms with Crippen molar-refractivity contribution in [3.05, 3.63) is 58.1 Å². The fourth-order valence-corrected chi connectivity index (χ4v) is 2.99. The van der Waals surface area contributed by atoms with E-state index in [1.807, 2.05) is 11.8 Å². The molecule has 0 aliphatic carbocycles. The van der Waals surface area contributed by atoms with Crippen molar-refractivity contribution < 1.29 is 17.9 Å². The molecule has 0 aliphatic rings. The summed E-state index contributed by atoms with van der Waals surface area (Å²) in [4.78, 5) is 13.9. The van der Waals surface area contributed by atoms with E-state index in [2.05, 4.69) is 5.43 Å². The quantitative estimate of drug-likeness (QED) is 0.744. The Morgan fingerprint density at radius 1 is 1.08 bits per heavy atom. The molecule has 24 heavy (non-hydrogen) atoms. The van der Waals surface area contributed by atoms with Crippen LogP contribution in [0.25, 0.3) is 0 Å². The van der Waals surface area contributed by atoms with Crippen LogP contribution in [0.15, 0.2) is 47.4 Å². The molecule has 0 bridgehead atoms. The number of benzene rings is 2. The fraction of sp³-hybridized carbons (Fsp3) is 0.133. The molecular weight excluding hydrogens is 375 g/mol. The lowest BCUT2D eigenvalue weighted by Gasteiger charge is -2.09. The van der Waals surface area contributed by atoms with Crippen LogP contribution in [0.1, 0.15) is 17.3 Å². The molecule has 2 aromatic carbocycles. The van der Waals surface area contributed by atoms with Crippen LogP contribution in [0.2, 0.25) is 10.0 Å². The molecule has 0 heterocycles. The summed E-state index contributed by atoms with van der Waals surface area (Å²) >= 11 is 11.5. The van der Waals surface area contributed by atoms with E-state index in [1.165, 1.54) is 30.3 Å². The first kappa shape index (κ1) is 18.5. The maximum atomic E-state index is 12.1. The van der Waals surface area contributed by atoms with Crippen molar-refractivity contribution in [3.8, 4) is 5.75 Å². The summed E-state index contributed by atoms with van der Waals surface area (Å²) in [6.07, 6.45) is 0. The predicted molar refractivity (Wildman–Crippen MR) is 91.9 cm³/mol. The van der Waals surface area contributed by atoms with Crippen LogP contribution >= 0.6 is 23.2 Å². The SMILES string of the molecule is CCOc1ccc(C(=O)NNS(=O)(=O)c2ccc(Cl)c(Cl)c2)cc1. The minimum absolute atomic E-state index is 0.0948. The minimum Gasteiger partial charge on any atom is -0.494 e. The average molecular weight is 389 g/mol. The number of hydrogen-bond donors (Lipinski definition) is 2. The Labute approximate surface area is 149 Å². The van der Waals surface area contributed by atoms with E-state index >= 15 is 0 Å². The summed E-state index contributed by atoms with van der Waals surface area (Å²) in [5.74, 6) is 0.00659. The molecule has 0 fully saturated rings. The van der Waals surface area contributed by atoms with Gasteiger partial charge in [0.2, 0.25) is 0 Å². The normalized spacial score (nSPS) is 11.1. The summed E-state index contributed by atoms with van der Waals surface area (Å²) < 4.78 is 29.5. The molecule has 0 aromatic heterocycles. The lowest BCUT2D eigenvalue weighted by Crippen LogP contribution is -2.41. The molecule has 2 N–H and O–H groups in total. The van der Waals surface area contributed by atoms with Crippen LogP contribution in [0.3, 0.4) is 0 Å². The second kappa shape index (κ2) is 7.85. The molecule has 1 amide bonds. The molecule has 0 saturated carbocycles. The topological polar surface area (TPSA) is 84.5 Å². The summed E-state index contributed by atoms with van der Waals surface area (Å²) in [5.41, 5.74) is 2.40. The Morgan fingerprint density at radius 2 is 1.75 bits per heavy atom. The van der Waals surface area contributed by atoms with Gasteiger partial charge >= 0.3 is 0 Å². The van der Waals surface area contributed by atoms with Gasteiger partial charge in [-0.15, -0.1) is 4.83 Å². The van der Waals surface area contributed by atoms with Crippen molar-refractivity contribution >= 4 is 39.1 Å². The number of halogens is 2. The van der Waals surface area contributed by atoms with Gasteiger partial charge in [0.25, 0.3) is 15.9 Å². The van der Waals surface area contributed by atoms with Gasteiger partial charge in [-0.3, -0.25) is 10.2 Å². The van der Waals surface area contributed by atoms with E-state index < -0.39 is 15.9 Å². The standard InChI is InChI=1S/C15H14Cl2N2O4S/c1-2-23-11-5-3-10(4-6-11)15(20)18-19-24(21,22)12-7-8-13(16)14(17)9-12/h3-9,19H,2H2,1H3,(H,18,20). The number of nitrogens with one attached hydrogen (secondary N) is 2. The first-order valence-corrected chi connectivity index (χ1v) is 9.07. The zero-order valence-electron chi connectivity index (χ0n) is 12.5. The molecule has 0 saturated heterocycles. The van der Waals surface area contributed by atoms with E-state index in [4.69, 9.17) is 27.9 Å². The Morgan fingerprint density at radius 3 is 2.33 bits per heavy atom. The van der Waals surface area contributed by atoms with Gasteiger partial charge in [-0.2, -0.15) is 0 Å². The first-order chi connectivity index (χ1) is 11.3.